The molecule has 0 aromatic heterocycles. The molecule has 8 rings (SSSR count). The van der Waals surface area contributed by atoms with Gasteiger partial charge in [-0.2, -0.15) is 21.4 Å². The molecule has 0 fully saturated rings. The smallest absolute Gasteiger partial charge is 0.294 e. The molecule has 90 heavy (non-hydrogen) atoms. The van der Waals surface area contributed by atoms with Crippen molar-refractivity contribution in [1.29, 1.82) is 0 Å². The fourth-order valence-corrected chi connectivity index (χ4v) is 14.0. The quantitative estimate of drug-likeness (QED) is 0.00623. The van der Waals surface area contributed by atoms with Crippen molar-refractivity contribution < 1.29 is 88.7 Å². The van der Waals surface area contributed by atoms with Gasteiger partial charge in [-0.1, -0.05) is 60.2 Å². The van der Waals surface area contributed by atoms with Crippen LogP contribution in [0, 0.1) is 0 Å². The number of unbranched alkanes of at least 4 members (excludes halogenated alkanes) is 2. The average Bonchev–Trinajstić information content (AvgIpc) is 1.75. The molecule has 0 atom stereocenters. The lowest BCUT2D eigenvalue weighted by molar-refractivity contribution is -0.437. The second kappa shape index (κ2) is 32.1. The summed E-state index contributed by atoms with van der Waals surface area (Å²) in [5.41, 5.74) is 7.60. The summed E-state index contributed by atoms with van der Waals surface area (Å²) in [6.07, 6.45) is 17.3. The first-order chi connectivity index (χ1) is 43.0. The van der Waals surface area contributed by atoms with Crippen LogP contribution in [0.25, 0.3) is 10.8 Å². The van der Waals surface area contributed by atoms with Crippen molar-refractivity contribution >= 4 is 102 Å². The minimum atomic E-state index is -4.49. The number of rotatable bonds is 35. The number of carbonyl (C=O) groups is 2. The van der Waals surface area contributed by atoms with Crippen molar-refractivity contribution in [3.63, 3.8) is 0 Å². The third kappa shape index (κ3) is 18.0. The number of ether oxygens (including phenoxy) is 1. The molecular formula is C62H76N5O18S5+. The van der Waals surface area contributed by atoms with Crippen molar-refractivity contribution in [1.82, 2.24) is 10.2 Å². The van der Waals surface area contributed by atoms with E-state index in [9.17, 15) is 35.5 Å². The van der Waals surface area contributed by atoms with Crippen molar-refractivity contribution in [3.05, 3.63) is 155 Å². The molecular weight excluding hydrogens is 1260 g/mol. The minimum Gasteiger partial charge on any atom is -0.457 e. The molecule has 3 heterocycles. The molecule has 4 aromatic carbocycles. The summed E-state index contributed by atoms with van der Waals surface area (Å²) in [7, 11) is -8.77. The second-order valence-electron chi connectivity index (χ2n) is 22.8. The maximum Gasteiger partial charge on any atom is 0.294 e. The Morgan fingerprint density at radius 2 is 1.50 bits per heavy atom. The van der Waals surface area contributed by atoms with E-state index in [1.54, 1.807) is 36.4 Å². The molecule has 2 amide bonds. The summed E-state index contributed by atoms with van der Waals surface area (Å²) in [6, 6.07) is 21.7. The normalized spacial score (nSPS) is 17.3. The highest BCUT2D eigenvalue weighted by molar-refractivity contribution is 7.95. The van der Waals surface area contributed by atoms with Crippen LogP contribution in [0.15, 0.2) is 154 Å². The fourth-order valence-electron chi connectivity index (χ4n) is 11.9. The Labute approximate surface area is 537 Å². The van der Waals surface area contributed by atoms with Crippen molar-refractivity contribution in [2.75, 3.05) is 66.3 Å². The van der Waals surface area contributed by atoms with Crippen LogP contribution in [0.5, 0.6) is 5.75 Å². The molecule has 3 aliphatic heterocycles. The van der Waals surface area contributed by atoms with E-state index >= 15 is 0 Å². The Kier molecular flexibility index (Phi) is 25.0. The number of hydrogen-bond donors (Lipinski definition) is 6. The standard InChI is InChI=1S/C62H75N5O18S5/c1-43-16-31-58(69)65(43)37-32-63-57(68)15-7-6-8-35-67-54-27-17-46-41-50(90(76,77)78)25-26-51(46)59(54)62(4,5)56(67)30-19-45-14-9-13-44(60(45)79-48-21-23-49(24-22-48)88-85-82-72)18-29-55-61(2,3)52-42-47(20-28-53(52)66(55)36-12-40-89(73,74)75)64(33-10-38-86-83-80-70)34-11-39-87-84-81-71/h16-31,41-42H,1,6-15,32-40H2,2-5H3,(H5-,63,68,70,71,72,73,74,75,76,77,78)/p+1. The fraction of sp³-hybridized carbons (Fsp3) is 0.403. The molecule has 23 nitrogen and oxygen atoms in total. The molecule has 0 saturated heterocycles. The number of anilines is 2. The highest BCUT2D eigenvalue weighted by Crippen LogP contribution is 2.52. The topological polar surface area (TPSA) is 293 Å². The number of benzene rings is 4. The molecule has 486 valence electrons. The van der Waals surface area contributed by atoms with Crippen molar-refractivity contribution in [2.24, 2.45) is 0 Å². The maximum atomic E-state index is 12.9. The van der Waals surface area contributed by atoms with E-state index in [-0.39, 0.29) is 29.7 Å². The van der Waals surface area contributed by atoms with E-state index in [1.807, 2.05) is 24.3 Å². The van der Waals surface area contributed by atoms with E-state index in [0.717, 1.165) is 112 Å². The Bertz CT molecular complexity index is 3650. The molecule has 28 heteroatoms. The van der Waals surface area contributed by atoms with Gasteiger partial charge in [-0.3, -0.25) is 18.7 Å². The molecule has 1 aliphatic carbocycles. The summed E-state index contributed by atoms with van der Waals surface area (Å²) >= 11 is 2.75. The van der Waals surface area contributed by atoms with Crippen molar-refractivity contribution in [2.45, 2.75) is 113 Å². The molecule has 4 aromatic rings. The maximum absolute atomic E-state index is 12.9. The van der Waals surface area contributed by atoms with Gasteiger partial charge < -0.3 is 24.8 Å². The Hall–Kier alpha value is -5.90. The monoisotopic (exact) mass is 1340 g/mol. The molecule has 6 N–H and O–H groups in total. The third-order valence-corrected chi connectivity index (χ3v) is 19.6. The zero-order chi connectivity index (χ0) is 64.6. The number of amides is 2. The Balaban J connectivity index is 1.15. The van der Waals surface area contributed by atoms with Crippen LogP contribution >= 0.6 is 36.1 Å². The van der Waals surface area contributed by atoms with Gasteiger partial charge in [0.1, 0.15) is 18.1 Å². The Morgan fingerprint density at radius 1 is 0.778 bits per heavy atom. The summed E-state index contributed by atoms with van der Waals surface area (Å²) in [5.74, 6) is 1.45. The van der Waals surface area contributed by atoms with Crippen LogP contribution in [-0.4, -0.2) is 125 Å². The zero-order valence-electron chi connectivity index (χ0n) is 50.4. The Morgan fingerprint density at radius 3 is 2.17 bits per heavy atom. The van der Waals surface area contributed by atoms with Gasteiger partial charge in [0.15, 0.2) is 5.71 Å². The molecule has 0 radical (unpaired) electrons. The van der Waals surface area contributed by atoms with Crippen LogP contribution in [-0.2, 0) is 68.8 Å². The first kappa shape index (κ1) is 70.0. The number of allylic oxidation sites excluding steroid dienone is 8. The molecule has 4 aliphatic rings. The average molecular weight is 1340 g/mol. The number of carbonyl (C=O) groups excluding carboxylic acids is 2. The van der Waals surface area contributed by atoms with Gasteiger partial charge in [0.25, 0.3) is 26.1 Å². The SMILES string of the molecule is C=C1C=CC(=O)N1CCNC(=O)CCCCCN1/C(=C/C=C2\CCCC(/C=C/C3=[N+](CCCS(=O)(=O)O)c4ccc(N(CCCSOOO)CCCSOOO)cc4C3(C)C)=C2Oc2ccc(SOOO)cc2)C(C)(C)c2c1ccc1cc(S(=O)(=O)O)ccc21. The van der Waals surface area contributed by atoms with Gasteiger partial charge in [0.05, 0.1) is 28.1 Å². The van der Waals surface area contributed by atoms with Gasteiger partial charge in [-0.15, -0.1) is 13.0 Å². The molecule has 0 spiro atoms. The summed E-state index contributed by atoms with van der Waals surface area (Å²) < 4.78 is 91.8. The van der Waals surface area contributed by atoms with Crippen LogP contribution < -0.4 is 19.9 Å². The van der Waals surface area contributed by atoms with Gasteiger partial charge >= 0.3 is 0 Å². The summed E-state index contributed by atoms with van der Waals surface area (Å²) in [5, 5.41) is 41.9. The largest absolute Gasteiger partial charge is 0.457 e. The van der Waals surface area contributed by atoms with E-state index in [1.165, 1.54) is 23.1 Å². The lowest BCUT2D eigenvalue weighted by atomic mass is 9.80. The first-order valence-electron chi connectivity index (χ1n) is 29.3. The van der Waals surface area contributed by atoms with E-state index in [2.05, 4.69) is 112 Å². The predicted molar refractivity (Wildman–Crippen MR) is 346 cm³/mol. The number of hydrogen-bond acceptors (Lipinski definition) is 21. The third-order valence-electron chi connectivity index (χ3n) is 16.1. The molecule has 0 saturated carbocycles. The van der Waals surface area contributed by atoms with E-state index < -0.39 is 36.8 Å². The number of fused-ring (bicyclic) bond motifs is 4. The highest BCUT2D eigenvalue weighted by atomic mass is 32.2. The predicted octanol–water partition coefficient (Wildman–Crippen LogP) is 12.2. The molecule has 0 bridgehead atoms. The highest BCUT2D eigenvalue weighted by Gasteiger charge is 2.45. The van der Waals surface area contributed by atoms with Crippen LogP contribution in [0.3, 0.4) is 0 Å². The van der Waals surface area contributed by atoms with Crippen LogP contribution in [0.2, 0.25) is 0 Å². The van der Waals surface area contributed by atoms with Gasteiger partial charge in [0.2, 0.25) is 11.6 Å². The zero-order valence-corrected chi connectivity index (χ0v) is 54.5. The lowest BCUT2D eigenvalue weighted by Gasteiger charge is -2.28. The minimum absolute atomic E-state index is 0.110. The summed E-state index contributed by atoms with van der Waals surface area (Å²) in [6.45, 7) is 15.1. The number of nitrogens with one attached hydrogen (secondary N) is 1. The van der Waals surface area contributed by atoms with E-state index in [4.69, 9.17) is 20.5 Å². The van der Waals surface area contributed by atoms with Crippen molar-refractivity contribution in [3.8, 4) is 5.75 Å². The number of nitrogens with zero attached hydrogens (tertiary/aromatic N) is 4. The van der Waals surface area contributed by atoms with Gasteiger partial charge in [0, 0.05) is 138 Å². The first-order valence-corrected chi connectivity index (χ1v) is 34.9. The second-order valence-corrected chi connectivity index (χ2v) is 28.1. The lowest BCUT2D eigenvalue weighted by Crippen LogP contribution is -2.34. The molecule has 0 unspecified atom stereocenters. The van der Waals surface area contributed by atoms with Gasteiger partial charge in [-0.25, -0.2) is 15.8 Å². The van der Waals surface area contributed by atoms with E-state index in [0.29, 0.717) is 110 Å². The van der Waals surface area contributed by atoms with Crippen LogP contribution in [0.1, 0.15) is 103 Å². The van der Waals surface area contributed by atoms with Gasteiger partial charge in [-0.05, 0) is 159 Å². The van der Waals surface area contributed by atoms with Crippen LogP contribution in [0.4, 0.5) is 17.1 Å². The summed E-state index contributed by atoms with van der Waals surface area (Å²) in [4.78, 5) is 31.5.